The van der Waals surface area contributed by atoms with Crippen LogP contribution >= 0.6 is 11.6 Å². The van der Waals surface area contributed by atoms with Crippen molar-refractivity contribution in [2.45, 2.75) is 13.3 Å². The SMILES string of the molecule is Cc1ccc(Cl)cc1C(=O)Cc1cccc2ccccc12. The van der Waals surface area contributed by atoms with Crippen molar-refractivity contribution in [3.8, 4) is 0 Å². The molecule has 0 bridgehead atoms. The zero-order valence-corrected chi connectivity index (χ0v) is 12.5. The van der Waals surface area contributed by atoms with E-state index in [9.17, 15) is 4.79 Å². The minimum atomic E-state index is 0.103. The van der Waals surface area contributed by atoms with Crippen LogP contribution in [0.3, 0.4) is 0 Å². The Labute approximate surface area is 129 Å². The molecule has 0 aliphatic carbocycles. The van der Waals surface area contributed by atoms with E-state index in [1.54, 1.807) is 6.07 Å². The minimum absolute atomic E-state index is 0.103. The Morgan fingerprint density at radius 2 is 1.76 bits per heavy atom. The Hall–Kier alpha value is -2.12. The lowest BCUT2D eigenvalue weighted by atomic mass is 9.96. The molecule has 0 aliphatic rings. The predicted octanol–water partition coefficient (Wildman–Crippen LogP) is 5.23. The van der Waals surface area contributed by atoms with Gasteiger partial charge in [-0.05, 0) is 41.0 Å². The van der Waals surface area contributed by atoms with Crippen LogP contribution in [0, 0.1) is 6.92 Å². The molecule has 2 heteroatoms. The quantitative estimate of drug-likeness (QED) is 0.605. The minimum Gasteiger partial charge on any atom is -0.294 e. The molecule has 21 heavy (non-hydrogen) atoms. The van der Waals surface area contributed by atoms with E-state index >= 15 is 0 Å². The van der Waals surface area contributed by atoms with Gasteiger partial charge in [0.2, 0.25) is 0 Å². The first kappa shape index (κ1) is 13.8. The molecule has 0 aromatic heterocycles. The van der Waals surface area contributed by atoms with Crippen molar-refractivity contribution in [1.29, 1.82) is 0 Å². The fraction of sp³-hybridized carbons (Fsp3) is 0.105. The molecule has 0 unspecified atom stereocenters. The second kappa shape index (κ2) is 5.71. The third kappa shape index (κ3) is 2.84. The molecule has 0 aliphatic heterocycles. The molecule has 0 amide bonds. The summed E-state index contributed by atoms with van der Waals surface area (Å²) in [4.78, 5) is 12.6. The summed E-state index contributed by atoms with van der Waals surface area (Å²) < 4.78 is 0. The standard InChI is InChI=1S/C19H15ClO/c1-13-9-10-16(20)12-18(13)19(21)11-15-7-4-6-14-5-2-3-8-17(14)15/h2-10,12H,11H2,1H3. The van der Waals surface area contributed by atoms with E-state index in [0.717, 1.165) is 21.9 Å². The smallest absolute Gasteiger partial charge is 0.167 e. The molecule has 3 rings (SSSR count). The summed E-state index contributed by atoms with van der Waals surface area (Å²) in [6, 6.07) is 19.7. The van der Waals surface area contributed by atoms with Crippen LogP contribution in [0.25, 0.3) is 10.8 Å². The number of hydrogen-bond acceptors (Lipinski definition) is 1. The first-order chi connectivity index (χ1) is 10.1. The average molecular weight is 295 g/mol. The van der Waals surface area contributed by atoms with Gasteiger partial charge in [0.15, 0.2) is 5.78 Å². The second-order valence-corrected chi connectivity index (χ2v) is 5.63. The lowest BCUT2D eigenvalue weighted by Gasteiger charge is -2.08. The maximum Gasteiger partial charge on any atom is 0.167 e. The number of halogens is 1. The molecular weight excluding hydrogens is 280 g/mol. The number of carbonyl (C=O) groups is 1. The highest BCUT2D eigenvalue weighted by molar-refractivity contribution is 6.31. The van der Waals surface area contributed by atoms with Crippen LogP contribution in [0.2, 0.25) is 5.02 Å². The molecule has 0 atom stereocenters. The normalized spacial score (nSPS) is 10.8. The summed E-state index contributed by atoms with van der Waals surface area (Å²) in [5.74, 6) is 0.103. The maximum atomic E-state index is 12.6. The third-order valence-corrected chi connectivity index (χ3v) is 3.97. The zero-order chi connectivity index (χ0) is 14.8. The third-order valence-electron chi connectivity index (χ3n) is 3.73. The number of hydrogen-bond donors (Lipinski definition) is 0. The van der Waals surface area contributed by atoms with Crippen molar-refractivity contribution in [1.82, 2.24) is 0 Å². The van der Waals surface area contributed by atoms with Crippen LogP contribution in [0.4, 0.5) is 0 Å². The molecule has 0 spiro atoms. The van der Waals surface area contributed by atoms with Crippen LogP contribution in [0.15, 0.2) is 60.7 Å². The van der Waals surface area contributed by atoms with Gasteiger partial charge in [-0.2, -0.15) is 0 Å². The topological polar surface area (TPSA) is 17.1 Å². The number of ketones is 1. The molecular formula is C19H15ClO. The number of aryl methyl sites for hydroxylation is 1. The van der Waals surface area contributed by atoms with E-state index in [1.807, 2.05) is 43.3 Å². The Bertz CT molecular complexity index is 815. The van der Waals surface area contributed by atoms with Gasteiger partial charge in [-0.3, -0.25) is 4.79 Å². The van der Waals surface area contributed by atoms with Crippen molar-refractivity contribution in [3.63, 3.8) is 0 Å². The van der Waals surface area contributed by atoms with E-state index < -0.39 is 0 Å². The number of rotatable bonds is 3. The summed E-state index contributed by atoms with van der Waals surface area (Å²) in [5, 5.41) is 2.89. The molecule has 0 saturated carbocycles. The molecule has 3 aromatic rings. The monoisotopic (exact) mass is 294 g/mol. The Kier molecular flexibility index (Phi) is 3.76. The van der Waals surface area contributed by atoms with Gasteiger partial charge in [-0.25, -0.2) is 0 Å². The Morgan fingerprint density at radius 1 is 1.00 bits per heavy atom. The number of fused-ring (bicyclic) bond motifs is 1. The van der Waals surface area contributed by atoms with Gasteiger partial charge >= 0.3 is 0 Å². The molecule has 1 nitrogen and oxygen atoms in total. The van der Waals surface area contributed by atoms with Gasteiger partial charge in [-0.1, -0.05) is 60.1 Å². The van der Waals surface area contributed by atoms with Gasteiger partial charge in [0.05, 0.1) is 0 Å². The fourth-order valence-corrected chi connectivity index (χ4v) is 2.78. The second-order valence-electron chi connectivity index (χ2n) is 5.20. The van der Waals surface area contributed by atoms with E-state index in [-0.39, 0.29) is 5.78 Å². The Balaban J connectivity index is 1.99. The van der Waals surface area contributed by atoms with Crippen molar-refractivity contribution in [2.24, 2.45) is 0 Å². The summed E-state index contributed by atoms with van der Waals surface area (Å²) in [5.41, 5.74) is 2.72. The van der Waals surface area contributed by atoms with Crippen molar-refractivity contribution in [3.05, 3.63) is 82.4 Å². The first-order valence-corrected chi connectivity index (χ1v) is 7.29. The van der Waals surface area contributed by atoms with Crippen LogP contribution in [0.1, 0.15) is 21.5 Å². The van der Waals surface area contributed by atoms with Gasteiger partial charge in [0.25, 0.3) is 0 Å². The molecule has 104 valence electrons. The van der Waals surface area contributed by atoms with E-state index in [0.29, 0.717) is 17.0 Å². The Morgan fingerprint density at radius 3 is 2.62 bits per heavy atom. The van der Waals surface area contributed by atoms with Crippen LogP contribution < -0.4 is 0 Å². The molecule has 0 radical (unpaired) electrons. The number of carbonyl (C=O) groups excluding carboxylic acids is 1. The molecule has 0 saturated heterocycles. The van der Waals surface area contributed by atoms with Crippen molar-refractivity contribution >= 4 is 28.2 Å². The van der Waals surface area contributed by atoms with Crippen molar-refractivity contribution in [2.75, 3.05) is 0 Å². The lowest BCUT2D eigenvalue weighted by Crippen LogP contribution is -2.06. The summed E-state index contributed by atoms with van der Waals surface area (Å²) in [6.07, 6.45) is 0.391. The molecule has 0 N–H and O–H groups in total. The largest absolute Gasteiger partial charge is 0.294 e. The van der Waals surface area contributed by atoms with Gasteiger partial charge < -0.3 is 0 Å². The summed E-state index contributed by atoms with van der Waals surface area (Å²) >= 11 is 6.01. The lowest BCUT2D eigenvalue weighted by molar-refractivity contribution is 0.0992. The molecule has 3 aromatic carbocycles. The summed E-state index contributed by atoms with van der Waals surface area (Å²) in [6.45, 7) is 1.94. The van der Waals surface area contributed by atoms with Crippen LogP contribution in [-0.4, -0.2) is 5.78 Å². The number of benzene rings is 3. The van der Waals surface area contributed by atoms with E-state index in [2.05, 4.69) is 18.2 Å². The molecule has 0 fully saturated rings. The van der Waals surface area contributed by atoms with E-state index in [4.69, 9.17) is 11.6 Å². The molecule has 0 heterocycles. The number of Topliss-reactive ketones (excluding diaryl/α,β-unsaturated/α-hetero) is 1. The van der Waals surface area contributed by atoms with Gasteiger partial charge in [0.1, 0.15) is 0 Å². The highest BCUT2D eigenvalue weighted by Gasteiger charge is 2.12. The van der Waals surface area contributed by atoms with Gasteiger partial charge in [-0.15, -0.1) is 0 Å². The van der Waals surface area contributed by atoms with Crippen molar-refractivity contribution < 1.29 is 4.79 Å². The maximum absolute atomic E-state index is 12.6. The zero-order valence-electron chi connectivity index (χ0n) is 11.8. The highest BCUT2D eigenvalue weighted by Crippen LogP contribution is 2.22. The van der Waals surface area contributed by atoms with Crippen LogP contribution in [-0.2, 0) is 6.42 Å². The average Bonchev–Trinajstić information content (AvgIpc) is 2.50. The van der Waals surface area contributed by atoms with E-state index in [1.165, 1.54) is 0 Å². The van der Waals surface area contributed by atoms with Gasteiger partial charge in [0, 0.05) is 17.0 Å². The fourth-order valence-electron chi connectivity index (χ4n) is 2.61. The van der Waals surface area contributed by atoms with Crippen LogP contribution in [0.5, 0.6) is 0 Å². The summed E-state index contributed by atoms with van der Waals surface area (Å²) in [7, 11) is 0. The highest BCUT2D eigenvalue weighted by atomic mass is 35.5. The first-order valence-electron chi connectivity index (χ1n) is 6.91. The predicted molar refractivity (Wildman–Crippen MR) is 88.2 cm³/mol.